The van der Waals surface area contributed by atoms with Crippen molar-refractivity contribution in [1.29, 1.82) is 5.26 Å². The Morgan fingerprint density at radius 3 is 2.64 bits per heavy atom. The number of nitrogens with zero attached hydrogens (tertiary/aromatic N) is 4. The van der Waals surface area contributed by atoms with E-state index in [0.717, 1.165) is 30.6 Å². The first kappa shape index (κ1) is 15.0. The van der Waals surface area contributed by atoms with Crippen LogP contribution in [-0.2, 0) is 4.74 Å². The minimum absolute atomic E-state index is 0.232. The van der Waals surface area contributed by atoms with Crippen molar-refractivity contribution in [2.75, 3.05) is 36.5 Å². The van der Waals surface area contributed by atoms with Gasteiger partial charge in [0, 0.05) is 25.2 Å². The molecule has 3 rings (SSSR count). The van der Waals surface area contributed by atoms with Crippen LogP contribution in [0.1, 0.15) is 38.4 Å². The third-order valence-corrected chi connectivity index (χ3v) is 4.52. The molecule has 6 nitrogen and oxygen atoms in total. The molecule has 1 aliphatic heterocycles. The van der Waals surface area contributed by atoms with Crippen molar-refractivity contribution >= 4 is 11.6 Å². The Kier molecular flexibility index (Phi) is 4.74. The van der Waals surface area contributed by atoms with Crippen LogP contribution in [0.15, 0.2) is 6.07 Å². The highest BCUT2D eigenvalue weighted by Gasteiger charge is 2.20. The minimum atomic E-state index is 0.232. The summed E-state index contributed by atoms with van der Waals surface area (Å²) in [4.78, 5) is 10.8. The average molecular weight is 301 g/mol. The maximum absolute atomic E-state index is 9.18. The molecule has 1 aromatic rings. The first-order valence-electron chi connectivity index (χ1n) is 8.13. The molecule has 0 unspecified atom stereocenters. The van der Waals surface area contributed by atoms with Gasteiger partial charge >= 0.3 is 0 Å². The molecular weight excluding hydrogens is 278 g/mol. The number of hydrogen-bond donors (Lipinski definition) is 1. The van der Waals surface area contributed by atoms with Gasteiger partial charge in [0.2, 0.25) is 5.82 Å². The third-order valence-electron chi connectivity index (χ3n) is 4.52. The van der Waals surface area contributed by atoms with Gasteiger partial charge in [-0.1, -0.05) is 6.92 Å². The molecule has 0 amide bonds. The summed E-state index contributed by atoms with van der Waals surface area (Å²) < 4.78 is 5.37. The number of anilines is 2. The molecule has 1 aromatic heterocycles. The number of aromatic nitrogens is 2. The number of rotatable bonds is 3. The minimum Gasteiger partial charge on any atom is -0.378 e. The average Bonchev–Trinajstić information content (AvgIpc) is 2.57. The Balaban J connectivity index is 1.74. The maximum atomic E-state index is 9.18. The molecule has 0 aromatic carbocycles. The maximum Gasteiger partial charge on any atom is 0.236 e. The zero-order chi connectivity index (χ0) is 15.4. The Hall–Kier alpha value is -1.87. The summed E-state index contributed by atoms with van der Waals surface area (Å²) in [5, 5.41) is 12.7. The summed E-state index contributed by atoms with van der Waals surface area (Å²) >= 11 is 0. The molecular formula is C16H23N5O. The van der Waals surface area contributed by atoms with Crippen LogP contribution in [0.25, 0.3) is 0 Å². The van der Waals surface area contributed by atoms with Crippen molar-refractivity contribution < 1.29 is 4.74 Å². The van der Waals surface area contributed by atoms with E-state index < -0.39 is 0 Å². The van der Waals surface area contributed by atoms with E-state index in [9.17, 15) is 5.26 Å². The Bertz CT molecular complexity index is 542. The second kappa shape index (κ2) is 6.93. The van der Waals surface area contributed by atoms with Crippen LogP contribution in [0.4, 0.5) is 11.6 Å². The van der Waals surface area contributed by atoms with Gasteiger partial charge in [0.1, 0.15) is 17.7 Å². The molecule has 2 fully saturated rings. The van der Waals surface area contributed by atoms with Crippen LogP contribution in [0.2, 0.25) is 0 Å². The lowest BCUT2D eigenvalue weighted by molar-refractivity contribution is 0.122. The van der Waals surface area contributed by atoms with Crippen molar-refractivity contribution in [1.82, 2.24) is 9.97 Å². The van der Waals surface area contributed by atoms with E-state index >= 15 is 0 Å². The summed E-state index contributed by atoms with van der Waals surface area (Å²) in [6.45, 7) is 5.33. The molecule has 22 heavy (non-hydrogen) atoms. The summed E-state index contributed by atoms with van der Waals surface area (Å²) in [5.41, 5.74) is 0. The largest absolute Gasteiger partial charge is 0.378 e. The topological polar surface area (TPSA) is 74.1 Å². The van der Waals surface area contributed by atoms with Crippen molar-refractivity contribution in [3.63, 3.8) is 0 Å². The lowest BCUT2D eigenvalue weighted by Crippen LogP contribution is -2.37. The predicted octanol–water partition coefficient (Wildman–Crippen LogP) is 2.18. The van der Waals surface area contributed by atoms with Crippen molar-refractivity contribution in [3.05, 3.63) is 11.9 Å². The number of morpholine rings is 1. The Morgan fingerprint density at radius 2 is 1.95 bits per heavy atom. The first-order valence-corrected chi connectivity index (χ1v) is 8.13. The van der Waals surface area contributed by atoms with E-state index in [-0.39, 0.29) is 5.82 Å². The zero-order valence-electron chi connectivity index (χ0n) is 13.1. The van der Waals surface area contributed by atoms with Crippen LogP contribution in [0, 0.1) is 17.2 Å². The van der Waals surface area contributed by atoms with E-state index in [1.165, 1.54) is 25.7 Å². The van der Waals surface area contributed by atoms with E-state index in [1.54, 1.807) is 0 Å². The zero-order valence-corrected chi connectivity index (χ0v) is 13.1. The van der Waals surface area contributed by atoms with E-state index in [1.807, 2.05) is 6.07 Å². The fourth-order valence-corrected chi connectivity index (χ4v) is 3.13. The van der Waals surface area contributed by atoms with E-state index in [2.05, 4.69) is 33.2 Å². The molecule has 0 bridgehead atoms. The highest BCUT2D eigenvalue weighted by molar-refractivity contribution is 5.51. The standard InChI is InChI=1S/C16H23N5O/c1-12-2-4-13(5-3-12)18-14-10-16(20-15(11-17)19-14)21-6-8-22-9-7-21/h10,12-13H,2-9H2,1H3,(H,18,19,20). The van der Waals surface area contributed by atoms with Crippen molar-refractivity contribution in [2.24, 2.45) is 5.92 Å². The number of hydrogen-bond acceptors (Lipinski definition) is 6. The van der Waals surface area contributed by atoms with Crippen LogP contribution in [0.3, 0.4) is 0 Å². The van der Waals surface area contributed by atoms with Gasteiger partial charge in [-0.3, -0.25) is 0 Å². The highest BCUT2D eigenvalue weighted by Crippen LogP contribution is 2.26. The summed E-state index contributed by atoms with van der Waals surface area (Å²) in [5.74, 6) is 2.65. The Labute approximate surface area is 131 Å². The molecule has 1 N–H and O–H groups in total. The van der Waals surface area contributed by atoms with Gasteiger partial charge in [-0.15, -0.1) is 0 Å². The van der Waals surface area contributed by atoms with Crippen LogP contribution < -0.4 is 10.2 Å². The predicted molar refractivity (Wildman–Crippen MR) is 84.8 cm³/mol. The number of nitriles is 1. The Morgan fingerprint density at radius 1 is 1.23 bits per heavy atom. The van der Waals surface area contributed by atoms with Gasteiger partial charge in [-0.25, -0.2) is 9.97 Å². The van der Waals surface area contributed by atoms with Gasteiger partial charge < -0.3 is 15.0 Å². The molecule has 6 heteroatoms. The second-order valence-corrected chi connectivity index (χ2v) is 6.25. The van der Waals surface area contributed by atoms with Crippen LogP contribution in [0.5, 0.6) is 0 Å². The fourth-order valence-electron chi connectivity index (χ4n) is 3.13. The summed E-state index contributed by atoms with van der Waals surface area (Å²) in [6.07, 6.45) is 4.84. The van der Waals surface area contributed by atoms with Gasteiger partial charge in [-0.2, -0.15) is 5.26 Å². The van der Waals surface area contributed by atoms with Gasteiger partial charge in [0.15, 0.2) is 0 Å². The lowest BCUT2D eigenvalue weighted by Gasteiger charge is -2.29. The highest BCUT2D eigenvalue weighted by atomic mass is 16.5. The lowest BCUT2D eigenvalue weighted by atomic mass is 9.87. The third kappa shape index (κ3) is 3.66. The molecule has 2 heterocycles. The smallest absolute Gasteiger partial charge is 0.236 e. The van der Waals surface area contributed by atoms with Gasteiger partial charge in [0.25, 0.3) is 0 Å². The molecule has 1 saturated heterocycles. The van der Waals surface area contributed by atoms with Gasteiger partial charge in [0.05, 0.1) is 13.2 Å². The molecule has 118 valence electrons. The SMILES string of the molecule is CC1CCC(Nc2cc(N3CCOCC3)nc(C#N)n2)CC1. The quantitative estimate of drug-likeness (QED) is 0.922. The van der Waals surface area contributed by atoms with Gasteiger partial charge in [-0.05, 0) is 31.6 Å². The monoisotopic (exact) mass is 301 g/mol. The molecule has 0 atom stereocenters. The van der Waals surface area contributed by atoms with Crippen molar-refractivity contribution in [2.45, 2.75) is 38.6 Å². The van der Waals surface area contributed by atoms with E-state index in [4.69, 9.17) is 4.74 Å². The second-order valence-electron chi connectivity index (χ2n) is 6.25. The number of nitrogens with one attached hydrogen (secondary N) is 1. The normalized spacial score (nSPS) is 25.5. The summed E-state index contributed by atoms with van der Waals surface area (Å²) in [6, 6.07) is 4.49. The molecule has 1 saturated carbocycles. The fraction of sp³-hybridized carbons (Fsp3) is 0.688. The number of ether oxygens (including phenoxy) is 1. The summed E-state index contributed by atoms with van der Waals surface area (Å²) in [7, 11) is 0. The molecule has 2 aliphatic rings. The first-order chi connectivity index (χ1) is 10.7. The molecule has 0 radical (unpaired) electrons. The van der Waals surface area contributed by atoms with Crippen LogP contribution >= 0.6 is 0 Å². The molecule has 0 spiro atoms. The van der Waals surface area contributed by atoms with Crippen molar-refractivity contribution in [3.8, 4) is 6.07 Å². The molecule has 1 aliphatic carbocycles. The van der Waals surface area contributed by atoms with Crippen LogP contribution in [-0.4, -0.2) is 42.3 Å². The van der Waals surface area contributed by atoms with E-state index in [0.29, 0.717) is 19.3 Å².